The fourth-order valence-corrected chi connectivity index (χ4v) is 3.46. The van der Waals surface area contributed by atoms with Crippen LogP contribution < -0.4 is 14.2 Å². The van der Waals surface area contributed by atoms with Crippen molar-refractivity contribution in [2.24, 2.45) is 0 Å². The molecule has 6 heteroatoms. The van der Waals surface area contributed by atoms with Crippen LogP contribution >= 0.6 is 0 Å². The molecule has 1 aliphatic heterocycles. The summed E-state index contributed by atoms with van der Waals surface area (Å²) in [6.45, 7) is 5.99. The molecule has 3 rings (SSSR count). The van der Waals surface area contributed by atoms with E-state index in [9.17, 15) is 4.79 Å². The van der Waals surface area contributed by atoms with Gasteiger partial charge in [0.1, 0.15) is 17.2 Å². The molecular weight excluding hydrogens is 368 g/mol. The third kappa shape index (κ3) is 5.64. The SMILES string of the molecule is CCc1ccc(OCC(=O)N2CCN(Cc3cc(OC)ccc3OC)CC2)cc1. The highest BCUT2D eigenvalue weighted by Crippen LogP contribution is 2.25. The van der Waals surface area contributed by atoms with Gasteiger partial charge in [-0.25, -0.2) is 0 Å². The van der Waals surface area contributed by atoms with Crippen LogP contribution in [0.15, 0.2) is 42.5 Å². The smallest absolute Gasteiger partial charge is 0.260 e. The summed E-state index contributed by atoms with van der Waals surface area (Å²) in [7, 11) is 3.34. The van der Waals surface area contributed by atoms with Crippen molar-refractivity contribution in [2.45, 2.75) is 19.9 Å². The average molecular weight is 399 g/mol. The van der Waals surface area contributed by atoms with E-state index in [0.29, 0.717) is 13.1 Å². The molecule has 1 aliphatic rings. The van der Waals surface area contributed by atoms with Crippen molar-refractivity contribution in [3.05, 3.63) is 53.6 Å². The first-order chi connectivity index (χ1) is 14.1. The van der Waals surface area contributed by atoms with E-state index < -0.39 is 0 Å². The van der Waals surface area contributed by atoms with E-state index in [2.05, 4.69) is 11.8 Å². The Kier molecular flexibility index (Phi) is 7.36. The quantitative estimate of drug-likeness (QED) is 0.684. The Hall–Kier alpha value is -2.73. The van der Waals surface area contributed by atoms with Crippen molar-refractivity contribution in [2.75, 3.05) is 47.0 Å². The number of hydrogen-bond donors (Lipinski definition) is 0. The monoisotopic (exact) mass is 398 g/mol. The normalized spacial score (nSPS) is 14.5. The summed E-state index contributed by atoms with van der Waals surface area (Å²) in [6, 6.07) is 13.7. The summed E-state index contributed by atoms with van der Waals surface area (Å²) in [5.41, 5.74) is 2.35. The predicted octanol–water partition coefficient (Wildman–Crippen LogP) is 2.99. The van der Waals surface area contributed by atoms with Gasteiger partial charge >= 0.3 is 0 Å². The minimum absolute atomic E-state index is 0.0307. The van der Waals surface area contributed by atoms with E-state index in [1.165, 1.54) is 5.56 Å². The van der Waals surface area contributed by atoms with Gasteiger partial charge in [0, 0.05) is 38.3 Å². The van der Waals surface area contributed by atoms with E-state index >= 15 is 0 Å². The molecular formula is C23H30N2O4. The first-order valence-electron chi connectivity index (χ1n) is 10.1. The maximum Gasteiger partial charge on any atom is 0.260 e. The summed E-state index contributed by atoms with van der Waals surface area (Å²) < 4.78 is 16.5. The van der Waals surface area contributed by atoms with Crippen molar-refractivity contribution in [1.82, 2.24) is 9.80 Å². The van der Waals surface area contributed by atoms with Crippen molar-refractivity contribution in [1.29, 1.82) is 0 Å². The molecule has 0 unspecified atom stereocenters. The van der Waals surface area contributed by atoms with Crippen molar-refractivity contribution >= 4 is 5.91 Å². The van der Waals surface area contributed by atoms with E-state index in [1.54, 1.807) is 14.2 Å². The Morgan fingerprint density at radius 1 is 0.931 bits per heavy atom. The van der Waals surface area contributed by atoms with Crippen LogP contribution in [0, 0.1) is 0 Å². The van der Waals surface area contributed by atoms with E-state index in [0.717, 1.165) is 48.9 Å². The van der Waals surface area contributed by atoms with Crippen LogP contribution in [0.1, 0.15) is 18.1 Å². The maximum atomic E-state index is 12.5. The van der Waals surface area contributed by atoms with Crippen LogP contribution in [-0.2, 0) is 17.8 Å². The van der Waals surface area contributed by atoms with Gasteiger partial charge in [-0.05, 0) is 42.3 Å². The first-order valence-corrected chi connectivity index (χ1v) is 10.1. The number of carbonyl (C=O) groups excluding carboxylic acids is 1. The fourth-order valence-electron chi connectivity index (χ4n) is 3.46. The lowest BCUT2D eigenvalue weighted by Crippen LogP contribution is -2.49. The van der Waals surface area contributed by atoms with E-state index in [-0.39, 0.29) is 12.5 Å². The molecule has 1 fully saturated rings. The molecule has 0 N–H and O–H groups in total. The summed E-state index contributed by atoms with van der Waals surface area (Å²) in [5.74, 6) is 2.44. The topological polar surface area (TPSA) is 51.2 Å². The van der Waals surface area contributed by atoms with Crippen LogP contribution in [0.25, 0.3) is 0 Å². The van der Waals surface area contributed by atoms with Crippen LogP contribution in [0.5, 0.6) is 17.2 Å². The number of benzene rings is 2. The summed E-state index contributed by atoms with van der Waals surface area (Å²) in [5, 5.41) is 0. The minimum Gasteiger partial charge on any atom is -0.497 e. The average Bonchev–Trinajstić information content (AvgIpc) is 2.78. The van der Waals surface area contributed by atoms with Gasteiger partial charge in [0.05, 0.1) is 14.2 Å². The molecule has 0 saturated carbocycles. The van der Waals surface area contributed by atoms with E-state index in [1.807, 2.05) is 47.4 Å². The van der Waals surface area contributed by atoms with Gasteiger partial charge in [0.15, 0.2) is 6.61 Å². The predicted molar refractivity (Wildman–Crippen MR) is 113 cm³/mol. The molecule has 1 saturated heterocycles. The van der Waals surface area contributed by atoms with E-state index in [4.69, 9.17) is 14.2 Å². The third-order valence-electron chi connectivity index (χ3n) is 5.30. The molecule has 0 bridgehead atoms. The lowest BCUT2D eigenvalue weighted by Gasteiger charge is -2.35. The Bertz CT molecular complexity index is 799. The maximum absolute atomic E-state index is 12.5. The summed E-state index contributed by atoms with van der Waals surface area (Å²) in [6.07, 6.45) is 0.991. The van der Waals surface area contributed by atoms with Gasteiger partial charge in [-0.1, -0.05) is 19.1 Å². The van der Waals surface area contributed by atoms with Gasteiger partial charge in [-0.3, -0.25) is 9.69 Å². The van der Waals surface area contributed by atoms with Gasteiger partial charge in [0.25, 0.3) is 5.91 Å². The molecule has 0 spiro atoms. The second kappa shape index (κ2) is 10.2. The zero-order valence-corrected chi connectivity index (χ0v) is 17.5. The molecule has 6 nitrogen and oxygen atoms in total. The zero-order valence-electron chi connectivity index (χ0n) is 17.5. The third-order valence-corrected chi connectivity index (χ3v) is 5.30. The first kappa shape index (κ1) is 21.0. The van der Waals surface area contributed by atoms with Crippen LogP contribution in [-0.4, -0.2) is 62.7 Å². The highest BCUT2D eigenvalue weighted by atomic mass is 16.5. The molecule has 0 radical (unpaired) electrons. The standard InChI is InChI=1S/C23H30N2O4/c1-4-18-5-7-20(8-6-18)29-17-23(26)25-13-11-24(12-14-25)16-19-15-21(27-2)9-10-22(19)28-3/h5-10,15H,4,11-14,16-17H2,1-3H3. The number of amides is 1. The molecule has 2 aromatic carbocycles. The number of rotatable bonds is 8. The Morgan fingerprint density at radius 2 is 1.62 bits per heavy atom. The second-order valence-corrected chi connectivity index (χ2v) is 7.12. The zero-order chi connectivity index (χ0) is 20.6. The number of ether oxygens (including phenoxy) is 3. The number of piperazine rings is 1. The molecule has 0 aliphatic carbocycles. The van der Waals surface area contributed by atoms with Gasteiger partial charge in [-0.15, -0.1) is 0 Å². The fraction of sp³-hybridized carbons (Fsp3) is 0.435. The number of nitrogens with zero attached hydrogens (tertiary/aromatic N) is 2. The molecule has 1 amide bonds. The number of hydrogen-bond acceptors (Lipinski definition) is 5. The lowest BCUT2D eigenvalue weighted by molar-refractivity contribution is -0.135. The Balaban J connectivity index is 1.48. The van der Waals surface area contributed by atoms with Gasteiger partial charge < -0.3 is 19.1 Å². The second-order valence-electron chi connectivity index (χ2n) is 7.12. The van der Waals surface area contributed by atoms with Crippen molar-refractivity contribution < 1.29 is 19.0 Å². The Morgan fingerprint density at radius 3 is 2.24 bits per heavy atom. The lowest BCUT2D eigenvalue weighted by atomic mass is 10.1. The van der Waals surface area contributed by atoms with Gasteiger partial charge in [-0.2, -0.15) is 0 Å². The Labute approximate surface area is 173 Å². The largest absolute Gasteiger partial charge is 0.497 e. The molecule has 156 valence electrons. The molecule has 2 aromatic rings. The van der Waals surface area contributed by atoms with Gasteiger partial charge in [0.2, 0.25) is 0 Å². The molecule has 0 aromatic heterocycles. The minimum atomic E-state index is 0.0307. The van der Waals surface area contributed by atoms with Crippen molar-refractivity contribution in [3.8, 4) is 17.2 Å². The van der Waals surface area contributed by atoms with Crippen LogP contribution in [0.2, 0.25) is 0 Å². The van der Waals surface area contributed by atoms with Crippen LogP contribution in [0.3, 0.4) is 0 Å². The summed E-state index contributed by atoms with van der Waals surface area (Å²) in [4.78, 5) is 16.7. The van der Waals surface area contributed by atoms with Crippen molar-refractivity contribution in [3.63, 3.8) is 0 Å². The molecule has 29 heavy (non-hydrogen) atoms. The number of methoxy groups -OCH3 is 2. The van der Waals surface area contributed by atoms with Crippen LogP contribution in [0.4, 0.5) is 0 Å². The summed E-state index contributed by atoms with van der Waals surface area (Å²) >= 11 is 0. The molecule has 0 atom stereocenters. The highest BCUT2D eigenvalue weighted by Gasteiger charge is 2.22. The highest BCUT2D eigenvalue weighted by molar-refractivity contribution is 5.77. The molecule has 1 heterocycles. The number of carbonyl (C=O) groups is 1. The number of aryl methyl sites for hydroxylation is 1.